The van der Waals surface area contributed by atoms with Crippen molar-refractivity contribution in [2.75, 3.05) is 26.9 Å². The molecule has 0 saturated carbocycles. The second-order valence-electron chi connectivity index (χ2n) is 4.52. The highest BCUT2D eigenvalue weighted by molar-refractivity contribution is 5.75. The first-order valence-electron chi connectivity index (χ1n) is 5.42. The van der Waals surface area contributed by atoms with Gasteiger partial charge in [-0.3, -0.25) is 4.79 Å². The number of carbonyl (C=O) groups is 1. The molecule has 0 radical (unpaired) electrons. The van der Waals surface area contributed by atoms with Crippen LogP contribution in [-0.4, -0.2) is 44.5 Å². The highest BCUT2D eigenvalue weighted by Crippen LogP contribution is 2.05. The molecule has 2 N–H and O–H groups in total. The summed E-state index contributed by atoms with van der Waals surface area (Å²) in [6, 6.07) is -0.616. The zero-order valence-electron chi connectivity index (χ0n) is 10.6. The van der Waals surface area contributed by atoms with Crippen LogP contribution in [0.2, 0.25) is 0 Å². The van der Waals surface area contributed by atoms with E-state index in [9.17, 15) is 4.79 Å². The maximum absolute atomic E-state index is 11.3. The van der Waals surface area contributed by atoms with Crippen LogP contribution in [0.25, 0.3) is 0 Å². The first kappa shape index (κ1) is 15.3. The highest BCUT2D eigenvalue weighted by Gasteiger charge is 2.15. The van der Waals surface area contributed by atoms with E-state index in [1.807, 2.05) is 20.8 Å². The second kappa shape index (κ2) is 7.60. The predicted octanol–water partition coefficient (Wildman–Crippen LogP) is 0.709. The maximum Gasteiger partial charge on any atom is 0.323 e. The summed E-state index contributed by atoms with van der Waals surface area (Å²) in [7, 11) is 1.56. The van der Waals surface area contributed by atoms with E-state index in [0.717, 1.165) is 0 Å². The normalized spacial score (nSPS) is 13.6. The summed E-state index contributed by atoms with van der Waals surface area (Å²) in [5.74, 6) is -0.408. The van der Waals surface area contributed by atoms with Crippen molar-refractivity contribution in [2.24, 2.45) is 5.73 Å². The molecule has 1 unspecified atom stereocenters. The van der Waals surface area contributed by atoms with Gasteiger partial charge in [0.1, 0.15) is 12.6 Å². The number of hydrogen-bond acceptors (Lipinski definition) is 5. The van der Waals surface area contributed by atoms with E-state index in [2.05, 4.69) is 0 Å². The van der Waals surface area contributed by atoms with Crippen LogP contribution in [-0.2, 0) is 19.0 Å². The minimum Gasteiger partial charge on any atom is -0.462 e. The average Bonchev–Trinajstić information content (AvgIpc) is 2.19. The van der Waals surface area contributed by atoms with E-state index < -0.39 is 12.0 Å². The minimum absolute atomic E-state index is 0.218. The third kappa shape index (κ3) is 8.64. The van der Waals surface area contributed by atoms with Crippen LogP contribution in [0.4, 0.5) is 0 Å². The number of nitrogens with two attached hydrogens (primary N) is 1. The molecule has 0 saturated heterocycles. The molecule has 5 nitrogen and oxygen atoms in total. The SMILES string of the molecule is COCCC(N)C(=O)OCCOC(C)(C)C. The van der Waals surface area contributed by atoms with E-state index in [1.165, 1.54) is 0 Å². The van der Waals surface area contributed by atoms with Crippen molar-refractivity contribution >= 4 is 5.97 Å². The molecule has 16 heavy (non-hydrogen) atoms. The van der Waals surface area contributed by atoms with Crippen molar-refractivity contribution in [3.63, 3.8) is 0 Å². The molecule has 0 heterocycles. The van der Waals surface area contributed by atoms with Crippen LogP contribution >= 0.6 is 0 Å². The lowest BCUT2D eigenvalue weighted by Crippen LogP contribution is -2.34. The smallest absolute Gasteiger partial charge is 0.323 e. The van der Waals surface area contributed by atoms with Crippen molar-refractivity contribution < 1.29 is 19.0 Å². The molecule has 0 aromatic rings. The van der Waals surface area contributed by atoms with Crippen LogP contribution in [0.1, 0.15) is 27.2 Å². The summed E-state index contributed by atoms with van der Waals surface area (Å²) in [6.07, 6.45) is 0.468. The fraction of sp³-hybridized carbons (Fsp3) is 0.909. The molecule has 0 aromatic heterocycles. The Kier molecular flexibility index (Phi) is 7.29. The molecule has 0 bridgehead atoms. The van der Waals surface area contributed by atoms with E-state index in [-0.39, 0.29) is 12.2 Å². The Balaban J connectivity index is 3.57. The Morgan fingerprint density at radius 1 is 1.25 bits per heavy atom. The zero-order valence-corrected chi connectivity index (χ0v) is 10.6. The van der Waals surface area contributed by atoms with Crippen LogP contribution in [0.15, 0.2) is 0 Å². The summed E-state index contributed by atoms with van der Waals surface area (Å²) in [4.78, 5) is 11.3. The molecule has 0 spiro atoms. The number of hydrogen-bond donors (Lipinski definition) is 1. The van der Waals surface area contributed by atoms with Crippen LogP contribution in [0, 0.1) is 0 Å². The van der Waals surface area contributed by atoms with Crippen molar-refractivity contribution in [1.29, 1.82) is 0 Å². The van der Waals surface area contributed by atoms with Gasteiger partial charge >= 0.3 is 5.97 Å². The first-order chi connectivity index (χ1) is 7.37. The molecule has 5 heteroatoms. The third-order valence-electron chi connectivity index (χ3n) is 1.80. The molecule has 0 rings (SSSR count). The molecule has 0 amide bonds. The second-order valence-corrected chi connectivity index (χ2v) is 4.52. The monoisotopic (exact) mass is 233 g/mol. The van der Waals surface area contributed by atoms with Gasteiger partial charge in [0, 0.05) is 13.7 Å². The molecule has 1 atom stereocenters. The van der Waals surface area contributed by atoms with Gasteiger partial charge in [-0.2, -0.15) is 0 Å². The fourth-order valence-electron chi connectivity index (χ4n) is 0.960. The van der Waals surface area contributed by atoms with Crippen molar-refractivity contribution in [3.05, 3.63) is 0 Å². The third-order valence-corrected chi connectivity index (χ3v) is 1.80. The van der Waals surface area contributed by atoms with E-state index in [0.29, 0.717) is 19.6 Å². The summed E-state index contributed by atoms with van der Waals surface area (Å²) >= 11 is 0. The number of methoxy groups -OCH3 is 1. The van der Waals surface area contributed by atoms with Crippen molar-refractivity contribution in [2.45, 2.75) is 38.8 Å². The van der Waals surface area contributed by atoms with Gasteiger partial charge < -0.3 is 19.9 Å². The van der Waals surface area contributed by atoms with Crippen LogP contribution < -0.4 is 5.73 Å². The minimum atomic E-state index is -0.616. The van der Waals surface area contributed by atoms with Gasteiger partial charge in [0.15, 0.2) is 0 Å². The Hall–Kier alpha value is -0.650. The standard InChI is InChI=1S/C11H23NO4/c1-11(2,3)16-8-7-15-10(13)9(12)5-6-14-4/h9H,5-8,12H2,1-4H3. The van der Waals surface area contributed by atoms with Gasteiger partial charge in [0.2, 0.25) is 0 Å². The summed E-state index contributed by atoms with van der Waals surface area (Å²) in [6.45, 7) is 6.90. The van der Waals surface area contributed by atoms with Gasteiger partial charge in [-0.05, 0) is 27.2 Å². The van der Waals surface area contributed by atoms with Crippen molar-refractivity contribution in [3.8, 4) is 0 Å². The quantitative estimate of drug-likeness (QED) is 0.518. The van der Waals surface area contributed by atoms with Gasteiger partial charge in [-0.1, -0.05) is 0 Å². The van der Waals surface area contributed by atoms with Gasteiger partial charge in [0.05, 0.1) is 12.2 Å². The van der Waals surface area contributed by atoms with Gasteiger partial charge in [-0.25, -0.2) is 0 Å². The van der Waals surface area contributed by atoms with E-state index in [4.69, 9.17) is 19.9 Å². The summed E-state index contributed by atoms with van der Waals surface area (Å²) < 4.78 is 15.2. The molecule has 0 aromatic carbocycles. The summed E-state index contributed by atoms with van der Waals surface area (Å²) in [5.41, 5.74) is 5.36. The number of carbonyl (C=O) groups excluding carboxylic acids is 1. The molecule has 0 aliphatic carbocycles. The maximum atomic E-state index is 11.3. The lowest BCUT2D eigenvalue weighted by molar-refractivity contribution is -0.148. The van der Waals surface area contributed by atoms with Crippen LogP contribution in [0.5, 0.6) is 0 Å². The number of esters is 1. The van der Waals surface area contributed by atoms with Gasteiger partial charge in [-0.15, -0.1) is 0 Å². The highest BCUT2D eigenvalue weighted by atomic mass is 16.6. The van der Waals surface area contributed by atoms with E-state index in [1.54, 1.807) is 7.11 Å². The fourth-order valence-corrected chi connectivity index (χ4v) is 0.960. The average molecular weight is 233 g/mol. The molecule has 96 valence electrons. The Labute approximate surface area is 97.2 Å². The Bertz CT molecular complexity index is 201. The molecule has 0 aliphatic heterocycles. The Morgan fingerprint density at radius 2 is 1.88 bits per heavy atom. The lowest BCUT2D eigenvalue weighted by Gasteiger charge is -2.19. The molecular formula is C11H23NO4. The predicted molar refractivity (Wildman–Crippen MR) is 61.1 cm³/mol. The van der Waals surface area contributed by atoms with Crippen molar-refractivity contribution in [1.82, 2.24) is 0 Å². The molecular weight excluding hydrogens is 210 g/mol. The van der Waals surface area contributed by atoms with E-state index >= 15 is 0 Å². The van der Waals surface area contributed by atoms with Gasteiger partial charge in [0.25, 0.3) is 0 Å². The number of ether oxygens (including phenoxy) is 3. The topological polar surface area (TPSA) is 70.8 Å². The Morgan fingerprint density at radius 3 is 2.38 bits per heavy atom. The van der Waals surface area contributed by atoms with Crippen LogP contribution in [0.3, 0.4) is 0 Å². The molecule has 0 fully saturated rings. The zero-order chi connectivity index (χ0) is 12.6. The summed E-state index contributed by atoms with van der Waals surface area (Å²) in [5, 5.41) is 0. The number of rotatable bonds is 7. The first-order valence-corrected chi connectivity index (χ1v) is 5.42. The largest absolute Gasteiger partial charge is 0.462 e. The lowest BCUT2D eigenvalue weighted by atomic mass is 10.2. The molecule has 0 aliphatic rings.